The highest BCUT2D eigenvalue weighted by atomic mass is 19.1. The Hall–Kier alpha value is -2.44. The van der Waals surface area contributed by atoms with E-state index in [1.165, 1.54) is 11.8 Å². The molecule has 0 spiro atoms. The van der Waals surface area contributed by atoms with E-state index in [4.69, 9.17) is 0 Å². The molecule has 1 amide bonds. The molecule has 2 aromatic carbocycles. The monoisotopic (exact) mass is 398 g/mol. The minimum absolute atomic E-state index is 0.0786. The first-order chi connectivity index (χ1) is 14.1. The third kappa shape index (κ3) is 6.84. The van der Waals surface area contributed by atoms with Crippen molar-refractivity contribution < 1.29 is 9.18 Å². The van der Waals surface area contributed by atoms with Gasteiger partial charge in [-0.15, -0.1) is 0 Å². The Balaban J connectivity index is 1.29. The van der Waals surface area contributed by atoms with Crippen molar-refractivity contribution >= 4 is 11.6 Å². The Morgan fingerprint density at radius 3 is 2.38 bits per heavy atom. The lowest BCUT2D eigenvalue weighted by Crippen LogP contribution is -2.49. The van der Waals surface area contributed by atoms with Crippen molar-refractivity contribution in [2.45, 2.75) is 13.0 Å². The predicted molar refractivity (Wildman–Crippen MR) is 115 cm³/mol. The molecule has 1 aliphatic rings. The molecule has 0 unspecified atom stereocenters. The van der Waals surface area contributed by atoms with Crippen LogP contribution >= 0.6 is 0 Å². The zero-order valence-electron chi connectivity index (χ0n) is 17.2. The van der Waals surface area contributed by atoms with Gasteiger partial charge in [0.25, 0.3) is 0 Å². The number of nitrogens with one attached hydrogen (secondary N) is 1. The lowest BCUT2D eigenvalue weighted by atomic mass is 10.2. The third-order valence-corrected chi connectivity index (χ3v) is 5.37. The standard InChI is InChI=1S/C23H31FN4O/c1-26(21-9-3-2-4-10-21)13-7-12-25-23(29)19-28-16-14-27(15-17-28)18-20-8-5-6-11-22(20)24/h2-6,8-11H,7,12-19H2,1H3,(H,25,29). The zero-order valence-corrected chi connectivity index (χ0v) is 17.2. The predicted octanol–water partition coefficient (Wildman–Crippen LogP) is 2.59. The quantitative estimate of drug-likeness (QED) is 0.659. The Kier molecular flexibility index (Phi) is 8.02. The SMILES string of the molecule is CN(CCCNC(=O)CN1CCN(Cc2ccccc2F)CC1)c1ccccc1. The van der Waals surface area contributed by atoms with Gasteiger partial charge in [0.05, 0.1) is 6.54 Å². The molecule has 156 valence electrons. The second-order valence-corrected chi connectivity index (χ2v) is 7.60. The molecule has 3 rings (SSSR count). The molecule has 0 radical (unpaired) electrons. The van der Waals surface area contributed by atoms with E-state index in [0.29, 0.717) is 19.6 Å². The van der Waals surface area contributed by atoms with Gasteiger partial charge < -0.3 is 10.2 Å². The first-order valence-electron chi connectivity index (χ1n) is 10.3. The van der Waals surface area contributed by atoms with Gasteiger partial charge in [-0.05, 0) is 24.6 Å². The van der Waals surface area contributed by atoms with Crippen LogP contribution in [0.3, 0.4) is 0 Å². The molecular formula is C23H31FN4O. The Morgan fingerprint density at radius 1 is 1.00 bits per heavy atom. The van der Waals surface area contributed by atoms with Crippen molar-refractivity contribution in [1.82, 2.24) is 15.1 Å². The maximum absolute atomic E-state index is 13.8. The first kappa shape index (κ1) is 21.3. The molecule has 1 N–H and O–H groups in total. The molecule has 1 saturated heterocycles. The van der Waals surface area contributed by atoms with Gasteiger partial charge in [0.1, 0.15) is 5.82 Å². The van der Waals surface area contributed by atoms with Gasteiger partial charge in [0, 0.05) is 64.1 Å². The van der Waals surface area contributed by atoms with Crippen molar-refractivity contribution in [3.8, 4) is 0 Å². The number of hydrogen-bond donors (Lipinski definition) is 1. The van der Waals surface area contributed by atoms with Gasteiger partial charge in [-0.2, -0.15) is 0 Å². The fourth-order valence-corrected chi connectivity index (χ4v) is 3.59. The Labute approximate surface area is 173 Å². The van der Waals surface area contributed by atoms with Crippen LogP contribution in [0.25, 0.3) is 0 Å². The van der Waals surface area contributed by atoms with Crippen LogP contribution in [0.5, 0.6) is 0 Å². The molecule has 29 heavy (non-hydrogen) atoms. The summed E-state index contributed by atoms with van der Waals surface area (Å²) in [4.78, 5) is 18.8. The first-order valence-corrected chi connectivity index (χ1v) is 10.3. The van der Waals surface area contributed by atoms with Crippen LogP contribution in [0.15, 0.2) is 54.6 Å². The molecule has 1 heterocycles. The number of halogens is 1. The van der Waals surface area contributed by atoms with Gasteiger partial charge >= 0.3 is 0 Å². The molecule has 1 fully saturated rings. The Morgan fingerprint density at radius 2 is 1.66 bits per heavy atom. The smallest absolute Gasteiger partial charge is 0.234 e. The van der Waals surface area contributed by atoms with E-state index < -0.39 is 0 Å². The van der Waals surface area contributed by atoms with Crippen molar-refractivity contribution in [1.29, 1.82) is 0 Å². The fourth-order valence-electron chi connectivity index (χ4n) is 3.59. The van der Waals surface area contributed by atoms with E-state index in [1.807, 2.05) is 30.3 Å². The molecule has 0 bridgehead atoms. The van der Waals surface area contributed by atoms with E-state index in [0.717, 1.165) is 44.7 Å². The summed E-state index contributed by atoms with van der Waals surface area (Å²) >= 11 is 0. The Bertz CT molecular complexity index is 762. The highest BCUT2D eigenvalue weighted by Gasteiger charge is 2.19. The van der Waals surface area contributed by atoms with Crippen LogP contribution in [-0.2, 0) is 11.3 Å². The van der Waals surface area contributed by atoms with E-state index in [2.05, 4.69) is 39.2 Å². The number of hydrogen-bond acceptors (Lipinski definition) is 4. The van der Waals surface area contributed by atoms with E-state index in [1.54, 1.807) is 6.07 Å². The van der Waals surface area contributed by atoms with Crippen LogP contribution in [0.2, 0.25) is 0 Å². The number of carbonyl (C=O) groups excluding carboxylic acids is 1. The third-order valence-electron chi connectivity index (χ3n) is 5.37. The van der Waals surface area contributed by atoms with Crippen molar-refractivity contribution in [2.24, 2.45) is 0 Å². The van der Waals surface area contributed by atoms with E-state index in [9.17, 15) is 9.18 Å². The highest BCUT2D eigenvalue weighted by Crippen LogP contribution is 2.12. The zero-order chi connectivity index (χ0) is 20.5. The number of amides is 1. The van der Waals surface area contributed by atoms with Crippen molar-refractivity contribution in [3.63, 3.8) is 0 Å². The van der Waals surface area contributed by atoms with Crippen molar-refractivity contribution in [3.05, 3.63) is 66.0 Å². The molecule has 1 aliphatic heterocycles. The maximum Gasteiger partial charge on any atom is 0.234 e. The van der Waals surface area contributed by atoms with Crippen LogP contribution in [-0.4, -0.2) is 68.6 Å². The van der Waals surface area contributed by atoms with Crippen LogP contribution in [0.1, 0.15) is 12.0 Å². The molecule has 2 aromatic rings. The molecule has 0 atom stereocenters. The number of carbonyl (C=O) groups is 1. The molecule has 0 aliphatic carbocycles. The largest absolute Gasteiger partial charge is 0.375 e. The summed E-state index contributed by atoms with van der Waals surface area (Å²) in [7, 11) is 2.07. The molecule has 6 heteroatoms. The fraction of sp³-hybridized carbons (Fsp3) is 0.435. The highest BCUT2D eigenvalue weighted by molar-refractivity contribution is 5.78. The summed E-state index contributed by atoms with van der Waals surface area (Å²) in [6.45, 7) is 6.01. The van der Waals surface area contributed by atoms with E-state index >= 15 is 0 Å². The van der Waals surface area contributed by atoms with Crippen LogP contribution < -0.4 is 10.2 Å². The lowest BCUT2D eigenvalue weighted by Gasteiger charge is -2.34. The number of rotatable bonds is 9. The number of anilines is 1. The molecule has 5 nitrogen and oxygen atoms in total. The number of para-hydroxylation sites is 1. The van der Waals surface area contributed by atoms with Gasteiger partial charge in [0.2, 0.25) is 5.91 Å². The summed E-state index contributed by atoms with van der Waals surface area (Å²) in [5.74, 6) is -0.0675. The van der Waals surface area contributed by atoms with E-state index in [-0.39, 0.29) is 11.7 Å². The van der Waals surface area contributed by atoms with Gasteiger partial charge in [-0.3, -0.25) is 14.6 Å². The number of benzene rings is 2. The average Bonchev–Trinajstić information content (AvgIpc) is 2.75. The normalized spacial score (nSPS) is 15.2. The number of piperazine rings is 1. The minimum Gasteiger partial charge on any atom is -0.375 e. The minimum atomic E-state index is -0.146. The summed E-state index contributed by atoms with van der Waals surface area (Å²) < 4.78 is 13.8. The lowest BCUT2D eigenvalue weighted by molar-refractivity contribution is -0.122. The maximum atomic E-state index is 13.8. The second-order valence-electron chi connectivity index (χ2n) is 7.60. The van der Waals surface area contributed by atoms with Crippen LogP contribution in [0.4, 0.5) is 10.1 Å². The van der Waals surface area contributed by atoms with Crippen molar-refractivity contribution in [2.75, 3.05) is 57.8 Å². The summed E-state index contributed by atoms with van der Waals surface area (Å²) in [5, 5.41) is 3.02. The van der Waals surface area contributed by atoms with Gasteiger partial charge in [-0.1, -0.05) is 36.4 Å². The molecular weight excluding hydrogens is 367 g/mol. The van der Waals surface area contributed by atoms with Gasteiger partial charge in [0.15, 0.2) is 0 Å². The second kappa shape index (κ2) is 10.9. The van der Waals surface area contributed by atoms with Crippen LogP contribution in [0, 0.1) is 5.82 Å². The molecule has 0 aromatic heterocycles. The summed E-state index contributed by atoms with van der Waals surface area (Å²) in [5.41, 5.74) is 1.92. The average molecular weight is 399 g/mol. The molecule has 0 saturated carbocycles. The summed E-state index contributed by atoms with van der Waals surface area (Å²) in [6.07, 6.45) is 0.910. The number of nitrogens with zero attached hydrogens (tertiary/aromatic N) is 3. The van der Waals surface area contributed by atoms with Gasteiger partial charge in [-0.25, -0.2) is 4.39 Å². The topological polar surface area (TPSA) is 38.8 Å². The summed E-state index contributed by atoms with van der Waals surface area (Å²) in [6, 6.07) is 17.2.